The number of benzene rings is 1. The van der Waals surface area contributed by atoms with Crippen molar-refractivity contribution in [2.75, 3.05) is 6.61 Å². The third kappa shape index (κ3) is 1.62. The molecule has 1 spiro atoms. The predicted octanol–water partition coefficient (Wildman–Crippen LogP) is 2.64. The third-order valence-corrected chi connectivity index (χ3v) is 3.62. The lowest BCUT2D eigenvalue weighted by Crippen LogP contribution is -2.22. The number of aryl methyl sites for hydroxylation is 1. The summed E-state index contributed by atoms with van der Waals surface area (Å²) >= 11 is 0. The van der Waals surface area contributed by atoms with E-state index in [2.05, 4.69) is 0 Å². The highest BCUT2D eigenvalue weighted by Crippen LogP contribution is 2.59. The molecule has 0 bridgehead atoms. The fourth-order valence-corrected chi connectivity index (χ4v) is 2.47. The van der Waals surface area contributed by atoms with Gasteiger partial charge in [-0.05, 0) is 37.0 Å². The van der Waals surface area contributed by atoms with E-state index in [9.17, 15) is 4.79 Å². The van der Waals surface area contributed by atoms with Gasteiger partial charge in [-0.25, -0.2) is 4.79 Å². The van der Waals surface area contributed by atoms with Crippen molar-refractivity contribution in [3.63, 3.8) is 0 Å². The van der Waals surface area contributed by atoms with Crippen LogP contribution in [-0.2, 0) is 4.79 Å². The van der Waals surface area contributed by atoms with Crippen molar-refractivity contribution in [3.05, 3.63) is 35.4 Å². The van der Waals surface area contributed by atoms with Gasteiger partial charge in [-0.2, -0.15) is 0 Å². The highest BCUT2D eigenvalue weighted by Gasteiger charge is 2.50. The molecular formula is C14H14O3. The SMILES string of the molecule is Cc1ccc2c(c1)OCC1(CC1)/C2=C\C(=O)O. The largest absolute Gasteiger partial charge is 0.492 e. The van der Waals surface area contributed by atoms with Crippen molar-refractivity contribution in [1.29, 1.82) is 0 Å². The average molecular weight is 230 g/mol. The summed E-state index contributed by atoms with van der Waals surface area (Å²) < 4.78 is 5.76. The molecule has 1 aliphatic carbocycles. The maximum Gasteiger partial charge on any atom is 0.328 e. The first-order chi connectivity index (χ1) is 8.11. The Morgan fingerprint density at radius 3 is 2.88 bits per heavy atom. The van der Waals surface area contributed by atoms with Gasteiger partial charge in [0.15, 0.2) is 0 Å². The van der Waals surface area contributed by atoms with Crippen molar-refractivity contribution < 1.29 is 14.6 Å². The maximum atomic E-state index is 10.9. The van der Waals surface area contributed by atoms with Gasteiger partial charge in [0, 0.05) is 17.1 Å². The molecule has 3 heteroatoms. The quantitative estimate of drug-likeness (QED) is 0.754. The van der Waals surface area contributed by atoms with Crippen LogP contribution in [0.1, 0.15) is 24.0 Å². The van der Waals surface area contributed by atoms with Gasteiger partial charge in [0.1, 0.15) is 5.75 Å². The summed E-state index contributed by atoms with van der Waals surface area (Å²) in [6.07, 6.45) is 3.41. The Hall–Kier alpha value is -1.77. The molecule has 0 aromatic heterocycles. The van der Waals surface area contributed by atoms with Crippen molar-refractivity contribution in [2.45, 2.75) is 19.8 Å². The molecule has 3 nitrogen and oxygen atoms in total. The number of aliphatic carboxylic acids is 1. The van der Waals surface area contributed by atoms with Crippen LogP contribution in [0, 0.1) is 12.3 Å². The molecule has 1 heterocycles. The maximum absolute atomic E-state index is 10.9. The first-order valence-corrected chi connectivity index (χ1v) is 5.80. The Labute approximate surface area is 99.7 Å². The molecule has 1 saturated carbocycles. The highest BCUT2D eigenvalue weighted by molar-refractivity contribution is 5.94. The van der Waals surface area contributed by atoms with Gasteiger partial charge < -0.3 is 9.84 Å². The van der Waals surface area contributed by atoms with Crippen LogP contribution >= 0.6 is 0 Å². The molecule has 1 N–H and O–H groups in total. The number of ether oxygens (including phenoxy) is 1. The lowest BCUT2D eigenvalue weighted by Gasteiger charge is -2.28. The topological polar surface area (TPSA) is 46.5 Å². The van der Waals surface area contributed by atoms with E-state index < -0.39 is 5.97 Å². The normalized spacial score (nSPS) is 22.1. The molecule has 1 aliphatic heterocycles. The van der Waals surface area contributed by atoms with Gasteiger partial charge >= 0.3 is 5.97 Å². The van der Waals surface area contributed by atoms with Gasteiger partial charge in [-0.3, -0.25) is 0 Å². The molecule has 0 saturated heterocycles. The van der Waals surface area contributed by atoms with E-state index in [1.807, 2.05) is 25.1 Å². The van der Waals surface area contributed by atoms with Crippen LogP contribution in [-0.4, -0.2) is 17.7 Å². The van der Waals surface area contributed by atoms with Crippen LogP contribution in [0.15, 0.2) is 24.3 Å². The van der Waals surface area contributed by atoms with Gasteiger partial charge in [0.25, 0.3) is 0 Å². The molecule has 1 aromatic carbocycles. The number of carboxylic acid groups (broad SMARTS) is 1. The van der Waals surface area contributed by atoms with Gasteiger partial charge in [-0.15, -0.1) is 0 Å². The first kappa shape index (κ1) is 10.4. The second-order valence-corrected chi connectivity index (χ2v) is 4.96. The molecule has 2 aliphatic rings. The van der Waals surface area contributed by atoms with Crippen molar-refractivity contribution >= 4 is 11.5 Å². The smallest absolute Gasteiger partial charge is 0.328 e. The van der Waals surface area contributed by atoms with Gasteiger partial charge in [0.2, 0.25) is 0 Å². The number of rotatable bonds is 1. The minimum Gasteiger partial charge on any atom is -0.492 e. The lowest BCUT2D eigenvalue weighted by atomic mass is 9.86. The Morgan fingerprint density at radius 2 is 2.24 bits per heavy atom. The van der Waals surface area contributed by atoms with Gasteiger partial charge in [0.05, 0.1) is 6.61 Å². The standard InChI is InChI=1S/C14H14O3/c1-9-2-3-10-11(7-13(15)16)14(4-5-14)8-17-12(10)6-9/h2-3,6-7H,4-5,8H2,1H3,(H,15,16)/b11-7-. The van der Waals surface area contributed by atoms with E-state index >= 15 is 0 Å². The van der Waals surface area contributed by atoms with Crippen LogP contribution in [0.25, 0.3) is 5.57 Å². The Morgan fingerprint density at radius 1 is 1.47 bits per heavy atom. The second-order valence-electron chi connectivity index (χ2n) is 4.96. The molecule has 3 rings (SSSR count). The second kappa shape index (κ2) is 3.36. The molecule has 17 heavy (non-hydrogen) atoms. The minimum absolute atomic E-state index is 0.0271. The molecule has 0 unspecified atom stereocenters. The Balaban J connectivity index is 2.14. The average Bonchev–Trinajstić information content (AvgIpc) is 3.03. The zero-order valence-corrected chi connectivity index (χ0v) is 9.69. The predicted molar refractivity (Wildman–Crippen MR) is 64.0 cm³/mol. The number of fused-ring (bicyclic) bond motifs is 1. The van der Waals surface area contributed by atoms with Crippen molar-refractivity contribution in [3.8, 4) is 5.75 Å². The van der Waals surface area contributed by atoms with E-state index in [0.29, 0.717) is 6.61 Å². The molecule has 0 amide bonds. The minimum atomic E-state index is -0.875. The summed E-state index contributed by atoms with van der Waals surface area (Å²) in [5.41, 5.74) is 2.99. The van der Waals surface area contributed by atoms with Crippen LogP contribution in [0.5, 0.6) is 5.75 Å². The molecule has 1 fully saturated rings. The van der Waals surface area contributed by atoms with Crippen LogP contribution < -0.4 is 4.74 Å². The summed E-state index contributed by atoms with van der Waals surface area (Å²) in [7, 11) is 0. The molecular weight excluding hydrogens is 216 g/mol. The van der Waals surface area contributed by atoms with E-state index in [1.54, 1.807) is 0 Å². The fraction of sp³-hybridized carbons (Fsp3) is 0.357. The summed E-state index contributed by atoms with van der Waals surface area (Å²) in [5.74, 6) is -0.0604. The highest BCUT2D eigenvalue weighted by atomic mass is 16.5. The molecule has 88 valence electrons. The first-order valence-electron chi connectivity index (χ1n) is 5.80. The van der Waals surface area contributed by atoms with Gasteiger partial charge in [-0.1, -0.05) is 12.1 Å². The number of hydrogen-bond donors (Lipinski definition) is 1. The monoisotopic (exact) mass is 230 g/mol. The molecule has 1 aromatic rings. The zero-order valence-electron chi connectivity index (χ0n) is 9.69. The van der Waals surface area contributed by atoms with Crippen molar-refractivity contribution in [2.24, 2.45) is 5.41 Å². The molecule has 0 radical (unpaired) electrons. The number of carbonyl (C=O) groups is 1. The van der Waals surface area contributed by atoms with E-state index in [0.717, 1.165) is 35.3 Å². The van der Waals surface area contributed by atoms with Crippen LogP contribution in [0.4, 0.5) is 0 Å². The summed E-state index contributed by atoms with van der Waals surface area (Å²) in [5, 5.41) is 8.99. The molecule has 0 atom stereocenters. The van der Waals surface area contributed by atoms with Crippen molar-refractivity contribution in [1.82, 2.24) is 0 Å². The Kier molecular flexibility index (Phi) is 2.05. The lowest BCUT2D eigenvalue weighted by molar-refractivity contribution is -0.131. The zero-order chi connectivity index (χ0) is 12.0. The fourth-order valence-electron chi connectivity index (χ4n) is 2.47. The summed E-state index contributed by atoms with van der Waals surface area (Å²) in [6.45, 7) is 2.62. The van der Waals surface area contributed by atoms with Crippen LogP contribution in [0.2, 0.25) is 0 Å². The third-order valence-electron chi connectivity index (χ3n) is 3.62. The van der Waals surface area contributed by atoms with E-state index in [1.165, 1.54) is 6.08 Å². The Bertz CT molecular complexity index is 524. The number of carboxylic acids is 1. The summed E-state index contributed by atoms with van der Waals surface area (Å²) in [6, 6.07) is 5.94. The van der Waals surface area contributed by atoms with Crippen LogP contribution in [0.3, 0.4) is 0 Å². The summed E-state index contributed by atoms with van der Waals surface area (Å²) in [4.78, 5) is 10.9. The van der Waals surface area contributed by atoms with E-state index in [-0.39, 0.29) is 5.41 Å². The van der Waals surface area contributed by atoms with E-state index in [4.69, 9.17) is 9.84 Å². The number of hydrogen-bond acceptors (Lipinski definition) is 2.